The molecule has 0 saturated heterocycles. The molecule has 0 aliphatic heterocycles. The molecule has 1 amide bonds. The van der Waals surface area contributed by atoms with E-state index in [2.05, 4.69) is 30.5 Å². The van der Waals surface area contributed by atoms with Gasteiger partial charge < -0.3 is 10.4 Å². The van der Waals surface area contributed by atoms with Crippen LogP contribution in [-0.2, 0) is 4.79 Å². The molecule has 0 bridgehead atoms. The molecule has 2 N–H and O–H groups in total. The third-order valence-electron chi connectivity index (χ3n) is 3.24. The topological polar surface area (TPSA) is 49.3 Å². The van der Waals surface area contributed by atoms with E-state index in [-0.39, 0.29) is 12.5 Å². The Morgan fingerprint density at radius 3 is 1.88 bits per heavy atom. The normalized spacial score (nSPS) is 13.5. The lowest BCUT2D eigenvalue weighted by Gasteiger charge is -2.16. The number of hydrogen-bond donors (Lipinski definition) is 2. The van der Waals surface area contributed by atoms with E-state index in [0.29, 0.717) is 0 Å². The Morgan fingerprint density at radius 2 is 1.35 bits per heavy atom. The lowest BCUT2D eigenvalue weighted by atomic mass is 10.1. The summed E-state index contributed by atoms with van der Waals surface area (Å²) in [6.07, 6.45) is 29.1. The molecule has 144 valence electrons. The van der Waals surface area contributed by atoms with Gasteiger partial charge in [0.1, 0.15) is 0 Å². The summed E-state index contributed by atoms with van der Waals surface area (Å²) >= 11 is 0. The van der Waals surface area contributed by atoms with Crippen LogP contribution in [0, 0.1) is 0 Å². The molecule has 0 atom stereocenters. The van der Waals surface area contributed by atoms with Crippen molar-refractivity contribution in [2.45, 2.75) is 58.5 Å². The van der Waals surface area contributed by atoms with Crippen LogP contribution in [-0.4, -0.2) is 23.2 Å². The van der Waals surface area contributed by atoms with Gasteiger partial charge in [0.2, 0.25) is 5.91 Å². The molecule has 0 unspecified atom stereocenters. The third kappa shape index (κ3) is 19.9. The maximum atomic E-state index is 11.5. The van der Waals surface area contributed by atoms with Gasteiger partial charge in [-0.15, -0.1) is 0 Å². The highest BCUT2D eigenvalue weighted by atomic mass is 16.3. The Labute approximate surface area is 159 Å². The first-order valence-electron chi connectivity index (χ1n) is 9.44. The van der Waals surface area contributed by atoms with Crippen LogP contribution in [0.15, 0.2) is 72.9 Å². The Morgan fingerprint density at radius 1 is 0.846 bits per heavy atom. The molecular formula is C23H35NO2. The summed E-state index contributed by atoms with van der Waals surface area (Å²) in [5, 5.41) is 12.1. The van der Waals surface area contributed by atoms with Crippen LogP contribution in [0.25, 0.3) is 0 Å². The van der Waals surface area contributed by atoms with Crippen molar-refractivity contribution >= 4 is 5.91 Å². The van der Waals surface area contributed by atoms with Crippen LogP contribution in [0.1, 0.15) is 52.9 Å². The fraction of sp³-hybridized carbons (Fsp3) is 0.435. The van der Waals surface area contributed by atoms with Gasteiger partial charge in [-0.3, -0.25) is 4.79 Å². The lowest BCUT2D eigenvalue weighted by Crippen LogP contribution is -2.37. The lowest BCUT2D eigenvalue weighted by molar-refractivity contribution is -0.117. The molecule has 0 saturated carbocycles. The van der Waals surface area contributed by atoms with E-state index in [1.54, 1.807) is 19.9 Å². The monoisotopic (exact) mass is 357 g/mol. The van der Waals surface area contributed by atoms with Gasteiger partial charge in [-0.25, -0.2) is 0 Å². The number of rotatable bonds is 13. The van der Waals surface area contributed by atoms with Crippen molar-refractivity contribution in [3.05, 3.63) is 72.9 Å². The van der Waals surface area contributed by atoms with E-state index in [1.807, 2.05) is 42.5 Å². The third-order valence-corrected chi connectivity index (χ3v) is 3.24. The minimum atomic E-state index is -0.888. The summed E-state index contributed by atoms with van der Waals surface area (Å²) in [5.41, 5.74) is -0.888. The minimum absolute atomic E-state index is 0.199. The van der Waals surface area contributed by atoms with E-state index in [0.717, 1.165) is 19.3 Å². The zero-order valence-corrected chi connectivity index (χ0v) is 16.5. The molecule has 0 heterocycles. The summed E-state index contributed by atoms with van der Waals surface area (Å²) in [5.74, 6) is -0.199. The predicted molar refractivity (Wildman–Crippen MR) is 113 cm³/mol. The van der Waals surface area contributed by atoms with Gasteiger partial charge in [-0.1, -0.05) is 86.6 Å². The quantitative estimate of drug-likeness (QED) is 0.271. The molecule has 26 heavy (non-hydrogen) atoms. The minimum Gasteiger partial charge on any atom is -0.389 e. The second-order valence-corrected chi connectivity index (χ2v) is 6.66. The van der Waals surface area contributed by atoms with Crippen molar-refractivity contribution in [3.63, 3.8) is 0 Å². The summed E-state index contributed by atoms with van der Waals surface area (Å²) in [6, 6.07) is 0. The van der Waals surface area contributed by atoms with Crippen molar-refractivity contribution in [1.82, 2.24) is 5.32 Å². The van der Waals surface area contributed by atoms with Crippen LogP contribution in [0.5, 0.6) is 0 Å². The average molecular weight is 358 g/mol. The average Bonchev–Trinajstić information content (AvgIpc) is 2.59. The van der Waals surface area contributed by atoms with Gasteiger partial charge in [0.15, 0.2) is 0 Å². The van der Waals surface area contributed by atoms with Crippen molar-refractivity contribution in [3.8, 4) is 0 Å². The number of hydrogen-bond acceptors (Lipinski definition) is 2. The molecular weight excluding hydrogens is 322 g/mol. The van der Waals surface area contributed by atoms with E-state index in [4.69, 9.17) is 0 Å². The van der Waals surface area contributed by atoms with E-state index >= 15 is 0 Å². The van der Waals surface area contributed by atoms with Crippen molar-refractivity contribution < 1.29 is 9.90 Å². The van der Waals surface area contributed by atoms with Crippen LogP contribution >= 0.6 is 0 Å². The molecule has 3 heteroatoms. The van der Waals surface area contributed by atoms with Crippen LogP contribution in [0.2, 0.25) is 0 Å². The molecule has 0 rings (SSSR count). The van der Waals surface area contributed by atoms with Gasteiger partial charge in [0.05, 0.1) is 5.60 Å². The first-order valence-corrected chi connectivity index (χ1v) is 9.44. The number of allylic oxidation sites excluding steroid dienone is 11. The second-order valence-electron chi connectivity index (χ2n) is 6.66. The molecule has 0 spiro atoms. The first kappa shape index (κ1) is 23.9. The van der Waals surface area contributed by atoms with Crippen molar-refractivity contribution in [2.75, 3.05) is 6.54 Å². The largest absolute Gasteiger partial charge is 0.389 e. The summed E-state index contributed by atoms with van der Waals surface area (Å²) in [7, 11) is 0. The first-order chi connectivity index (χ1) is 12.5. The smallest absolute Gasteiger partial charge is 0.244 e. The zero-order chi connectivity index (χ0) is 19.5. The van der Waals surface area contributed by atoms with Crippen molar-refractivity contribution in [1.29, 1.82) is 0 Å². The van der Waals surface area contributed by atoms with Gasteiger partial charge in [0, 0.05) is 12.6 Å². The molecule has 0 aromatic rings. The van der Waals surface area contributed by atoms with Gasteiger partial charge in [0.25, 0.3) is 0 Å². The second kappa shape index (κ2) is 16.3. The summed E-state index contributed by atoms with van der Waals surface area (Å²) < 4.78 is 0. The highest BCUT2D eigenvalue weighted by molar-refractivity contribution is 5.87. The van der Waals surface area contributed by atoms with Crippen LogP contribution < -0.4 is 5.32 Å². The highest BCUT2D eigenvalue weighted by Gasteiger charge is 2.12. The predicted octanol–water partition coefficient (Wildman–Crippen LogP) is 5.18. The fourth-order valence-electron chi connectivity index (χ4n) is 1.80. The number of nitrogens with one attached hydrogen (secondary N) is 1. The molecule has 0 aromatic carbocycles. The Kier molecular flexibility index (Phi) is 15.0. The maximum Gasteiger partial charge on any atom is 0.244 e. The highest BCUT2D eigenvalue weighted by Crippen LogP contribution is 1.98. The zero-order valence-electron chi connectivity index (χ0n) is 16.5. The molecule has 3 nitrogen and oxygen atoms in total. The van der Waals surface area contributed by atoms with Gasteiger partial charge in [-0.2, -0.15) is 0 Å². The van der Waals surface area contributed by atoms with Crippen molar-refractivity contribution in [2.24, 2.45) is 0 Å². The SMILES string of the molecule is CCCCC=CC=CC=CC=CCCC=CC=CC(=O)NCC(C)(C)O. The standard InChI is InChI=1S/C23H35NO2/c1-4-5-6-7-8-9-10-11-12-13-14-15-16-17-18-19-20-22(25)24-21-23(2,3)26/h7-14,17-20,26H,4-6,15-16,21H2,1-3H3,(H,24,25). The summed E-state index contributed by atoms with van der Waals surface area (Å²) in [6.45, 7) is 5.75. The Bertz CT molecular complexity index is 529. The molecule has 0 aliphatic rings. The molecule has 0 fully saturated rings. The number of carbonyl (C=O) groups is 1. The van der Waals surface area contributed by atoms with E-state index in [1.165, 1.54) is 18.9 Å². The fourth-order valence-corrected chi connectivity index (χ4v) is 1.80. The Balaban J connectivity index is 3.76. The van der Waals surface area contributed by atoms with Crippen LogP contribution in [0.4, 0.5) is 0 Å². The number of amides is 1. The molecule has 0 aromatic heterocycles. The number of unbranched alkanes of at least 4 members (excludes halogenated alkanes) is 3. The van der Waals surface area contributed by atoms with Gasteiger partial charge >= 0.3 is 0 Å². The maximum absolute atomic E-state index is 11.5. The number of aliphatic hydroxyl groups is 1. The van der Waals surface area contributed by atoms with E-state index in [9.17, 15) is 9.90 Å². The molecule has 0 radical (unpaired) electrons. The van der Waals surface area contributed by atoms with Crippen LogP contribution in [0.3, 0.4) is 0 Å². The summed E-state index contributed by atoms with van der Waals surface area (Å²) in [4.78, 5) is 11.5. The molecule has 0 aliphatic carbocycles. The number of carbonyl (C=O) groups excluding carboxylic acids is 1. The van der Waals surface area contributed by atoms with E-state index < -0.39 is 5.60 Å². The van der Waals surface area contributed by atoms with Gasteiger partial charge in [-0.05, 0) is 33.1 Å². The Hall–Kier alpha value is -2.13.